The van der Waals surface area contributed by atoms with Crippen LogP contribution >= 0.6 is 11.6 Å². The number of benzene rings is 1. The minimum atomic E-state index is 0.496. The number of ether oxygens (including phenoxy) is 1. The zero-order valence-corrected chi connectivity index (χ0v) is 12.3. The maximum atomic E-state index is 6.28. The van der Waals surface area contributed by atoms with E-state index in [2.05, 4.69) is 9.97 Å². The van der Waals surface area contributed by atoms with Crippen LogP contribution in [-0.4, -0.2) is 17.1 Å². The van der Waals surface area contributed by atoms with Gasteiger partial charge in [-0.15, -0.1) is 0 Å². The Hall–Kier alpha value is -2.33. The van der Waals surface area contributed by atoms with Crippen LogP contribution in [-0.2, 0) is 6.42 Å². The SMILES string of the molecule is COc1cccc(Cl)c1Cc1cc2cnccc2nc1N. The standard InChI is InChI=1S/C16H14ClN3O/c1-21-15-4-2-3-13(17)12(15)8-10-7-11-9-19-6-5-14(11)20-16(10)18/h2-7,9H,8H2,1H3,(H2,18,20). The Morgan fingerprint density at radius 2 is 2.14 bits per heavy atom. The number of halogens is 1. The Balaban J connectivity index is 2.08. The summed E-state index contributed by atoms with van der Waals surface area (Å²) in [5.41, 5.74) is 8.70. The maximum absolute atomic E-state index is 6.28. The van der Waals surface area contributed by atoms with E-state index in [-0.39, 0.29) is 0 Å². The molecule has 3 rings (SSSR count). The summed E-state index contributed by atoms with van der Waals surface area (Å²) in [4.78, 5) is 8.52. The molecule has 2 aromatic heterocycles. The molecule has 0 atom stereocenters. The van der Waals surface area contributed by atoms with Crippen molar-refractivity contribution in [3.8, 4) is 5.75 Å². The summed E-state index contributed by atoms with van der Waals surface area (Å²) in [7, 11) is 1.63. The van der Waals surface area contributed by atoms with Crippen LogP contribution in [0.25, 0.3) is 10.9 Å². The Morgan fingerprint density at radius 1 is 1.29 bits per heavy atom. The number of rotatable bonds is 3. The van der Waals surface area contributed by atoms with Crippen molar-refractivity contribution < 1.29 is 4.74 Å². The number of fused-ring (bicyclic) bond motifs is 1. The fourth-order valence-electron chi connectivity index (χ4n) is 2.31. The van der Waals surface area contributed by atoms with E-state index in [0.29, 0.717) is 17.3 Å². The first kappa shape index (κ1) is 13.6. The van der Waals surface area contributed by atoms with Crippen LogP contribution in [0, 0.1) is 0 Å². The molecule has 0 fully saturated rings. The highest BCUT2D eigenvalue weighted by Crippen LogP contribution is 2.30. The molecule has 5 heteroatoms. The molecule has 21 heavy (non-hydrogen) atoms. The molecule has 2 N–H and O–H groups in total. The minimum Gasteiger partial charge on any atom is -0.496 e. The van der Waals surface area contributed by atoms with E-state index in [0.717, 1.165) is 27.8 Å². The number of nitrogens with zero attached hydrogens (tertiary/aromatic N) is 2. The number of hydrogen-bond acceptors (Lipinski definition) is 4. The van der Waals surface area contributed by atoms with Gasteiger partial charge in [0, 0.05) is 34.8 Å². The van der Waals surface area contributed by atoms with E-state index in [4.69, 9.17) is 22.1 Å². The lowest BCUT2D eigenvalue weighted by Gasteiger charge is -2.12. The Kier molecular flexibility index (Phi) is 3.62. The molecule has 0 spiro atoms. The van der Waals surface area contributed by atoms with Crippen LogP contribution in [0.4, 0.5) is 5.82 Å². The quantitative estimate of drug-likeness (QED) is 0.804. The van der Waals surface area contributed by atoms with Crippen LogP contribution in [0.15, 0.2) is 42.7 Å². The van der Waals surface area contributed by atoms with Crippen molar-refractivity contribution in [3.63, 3.8) is 0 Å². The predicted molar refractivity (Wildman–Crippen MR) is 84.8 cm³/mol. The first-order valence-corrected chi connectivity index (χ1v) is 6.87. The first-order chi connectivity index (χ1) is 10.2. The topological polar surface area (TPSA) is 61.0 Å². The molecule has 0 bridgehead atoms. The normalized spacial score (nSPS) is 10.8. The van der Waals surface area contributed by atoms with Crippen LogP contribution in [0.2, 0.25) is 5.02 Å². The first-order valence-electron chi connectivity index (χ1n) is 6.49. The number of aromatic nitrogens is 2. The van der Waals surface area contributed by atoms with Gasteiger partial charge in [0.15, 0.2) is 0 Å². The molecule has 0 saturated carbocycles. The summed E-state index contributed by atoms with van der Waals surface area (Å²) in [6, 6.07) is 9.41. The highest BCUT2D eigenvalue weighted by Gasteiger charge is 2.12. The van der Waals surface area contributed by atoms with Gasteiger partial charge in [-0.05, 0) is 29.8 Å². The van der Waals surface area contributed by atoms with Crippen molar-refractivity contribution in [3.05, 3.63) is 58.9 Å². The molecule has 0 aliphatic heterocycles. The Morgan fingerprint density at radius 3 is 2.95 bits per heavy atom. The highest BCUT2D eigenvalue weighted by molar-refractivity contribution is 6.31. The van der Waals surface area contributed by atoms with Gasteiger partial charge in [0.05, 0.1) is 12.6 Å². The van der Waals surface area contributed by atoms with Gasteiger partial charge in [-0.1, -0.05) is 17.7 Å². The van der Waals surface area contributed by atoms with Gasteiger partial charge in [-0.25, -0.2) is 4.98 Å². The summed E-state index contributed by atoms with van der Waals surface area (Å²) in [6.45, 7) is 0. The van der Waals surface area contributed by atoms with Crippen LogP contribution in [0.1, 0.15) is 11.1 Å². The second-order valence-corrected chi connectivity index (χ2v) is 5.11. The smallest absolute Gasteiger partial charge is 0.127 e. The largest absolute Gasteiger partial charge is 0.496 e. The van der Waals surface area contributed by atoms with E-state index >= 15 is 0 Å². The third-order valence-corrected chi connectivity index (χ3v) is 3.74. The van der Waals surface area contributed by atoms with Gasteiger partial charge in [0.1, 0.15) is 11.6 Å². The molecule has 2 heterocycles. The van der Waals surface area contributed by atoms with Crippen LogP contribution in [0.3, 0.4) is 0 Å². The fourth-order valence-corrected chi connectivity index (χ4v) is 2.54. The summed E-state index contributed by atoms with van der Waals surface area (Å²) in [5, 5.41) is 1.60. The molecule has 4 nitrogen and oxygen atoms in total. The molecule has 0 unspecified atom stereocenters. The van der Waals surface area contributed by atoms with Crippen molar-refractivity contribution in [2.45, 2.75) is 6.42 Å². The predicted octanol–water partition coefficient (Wildman–Crippen LogP) is 3.46. The van der Waals surface area contributed by atoms with Gasteiger partial charge in [-0.3, -0.25) is 4.98 Å². The lowest BCUT2D eigenvalue weighted by Crippen LogP contribution is -2.01. The third kappa shape index (κ3) is 2.62. The Bertz CT molecular complexity index is 805. The zero-order chi connectivity index (χ0) is 14.8. The van der Waals surface area contributed by atoms with E-state index < -0.39 is 0 Å². The monoisotopic (exact) mass is 299 g/mol. The average Bonchev–Trinajstić information content (AvgIpc) is 2.49. The number of nitrogens with two attached hydrogens (primary N) is 1. The lowest BCUT2D eigenvalue weighted by molar-refractivity contribution is 0.410. The second kappa shape index (κ2) is 5.58. The van der Waals surface area contributed by atoms with Gasteiger partial charge in [-0.2, -0.15) is 0 Å². The average molecular weight is 300 g/mol. The number of anilines is 1. The van der Waals surface area contributed by atoms with Crippen molar-refractivity contribution in [1.82, 2.24) is 9.97 Å². The number of hydrogen-bond donors (Lipinski definition) is 1. The molecular formula is C16H14ClN3O. The summed E-state index contributed by atoms with van der Waals surface area (Å²) in [5.74, 6) is 1.24. The molecule has 0 amide bonds. The van der Waals surface area contributed by atoms with E-state index in [1.807, 2.05) is 30.3 Å². The highest BCUT2D eigenvalue weighted by atomic mass is 35.5. The zero-order valence-electron chi connectivity index (χ0n) is 11.5. The molecule has 1 aromatic carbocycles. The number of methoxy groups -OCH3 is 1. The van der Waals surface area contributed by atoms with Gasteiger partial charge < -0.3 is 10.5 Å². The second-order valence-electron chi connectivity index (χ2n) is 4.70. The third-order valence-electron chi connectivity index (χ3n) is 3.39. The van der Waals surface area contributed by atoms with Crippen molar-refractivity contribution in [2.75, 3.05) is 12.8 Å². The molecule has 0 saturated heterocycles. The lowest BCUT2D eigenvalue weighted by atomic mass is 10.0. The van der Waals surface area contributed by atoms with Crippen molar-refractivity contribution in [1.29, 1.82) is 0 Å². The Labute approximate surface area is 127 Å². The molecular weight excluding hydrogens is 286 g/mol. The summed E-state index contributed by atoms with van der Waals surface area (Å²) >= 11 is 6.28. The molecule has 0 aliphatic carbocycles. The van der Waals surface area contributed by atoms with Crippen LogP contribution < -0.4 is 10.5 Å². The maximum Gasteiger partial charge on any atom is 0.127 e. The minimum absolute atomic E-state index is 0.496. The van der Waals surface area contributed by atoms with Crippen LogP contribution in [0.5, 0.6) is 5.75 Å². The van der Waals surface area contributed by atoms with E-state index in [1.165, 1.54) is 0 Å². The number of nitrogen functional groups attached to an aromatic ring is 1. The fraction of sp³-hybridized carbons (Fsp3) is 0.125. The molecule has 3 aromatic rings. The molecule has 0 aliphatic rings. The molecule has 106 valence electrons. The number of pyridine rings is 2. The summed E-state index contributed by atoms with van der Waals surface area (Å²) in [6.07, 6.45) is 4.03. The van der Waals surface area contributed by atoms with Crippen molar-refractivity contribution in [2.24, 2.45) is 0 Å². The van der Waals surface area contributed by atoms with E-state index in [1.54, 1.807) is 19.5 Å². The molecule has 0 radical (unpaired) electrons. The van der Waals surface area contributed by atoms with Gasteiger partial charge >= 0.3 is 0 Å². The van der Waals surface area contributed by atoms with Gasteiger partial charge in [0.25, 0.3) is 0 Å². The van der Waals surface area contributed by atoms with Crippen molar-refractivity contribution >= 4 is 28.3 Å². The van der Waals surface area contributed by atoms with E-state index in [9.17, 15) is 0 Å². The summed E-state index contributed by atoms with van der Waals surface area (Å²) < 4.78 is 5.37. The van der Waals surface area contributed by atoms with Gasteiger partial charge in [0.2, 0.25) is 0 Å².